The van der Waals surface area contributed by atoms with Gasteiger partial charge < -0.3 is 14.6 Å². The molecule has 0 aliphatic carbocycles. The Bertz CT molecular complexity index is 1260. The molecule has 5 nitrogen and oxygen atoms in total. The van der Waals surface area contributed by atoms with Crippen molar-refractivity contribution in [3.63, 3.8) is 0 Å². The first-order valence-electron chi connectivity index (χ1n) is 10.9. The Morgan fingerprint density at radius 1 is 1.00 bits per heavy atom. The zero-order valence-corrected chi connectivity index (χ0v) is 19.1. The lowest BCUT2D eigenvalue weighted by Crippen LogP contribution is -2.29. The summed E-state index contributed by atoms with van der Waals surface area (Å²) in [7, 11) is 0. The highest BCUT2D eigenvalue weighted by atomic mass is 16.5. The Morgan fingerprint density at radius 3 is 2.59 bits per heavy atom. The number of ether oxygens (including phenoxy) is 1. The predicted octanol–water partition coefficient (Wildman–Crippen LogP) is 5.53. The van der Waals surface area contributed by atoms with Gasteiger partial charge in [0, 0.05) is 5.56 Å². The fraction of sp³-hybridized carbons (Fsp3) is 0.259. The van der Waals surface area contributed by atoms with E-state index in [-0.39, 0.29) is 11.9 Å². The summed E-state index contributed by atoms with van der Waals surface area (Å²) in [5, 5.41) is 3.10. The van der Waals surface area contributed by atoms with Crippen LogP contribution in [0.1, 0.15) is 45.8 Å². The van der Waals surface area contributed by atoms with Gasteiger partial charge in [-0.05, 0) is 69.2 Å². The van der Waals surface area contributed by atoms with Crippen molar-refractivity contribution in [1.29, 1.82) is 0 Å². The van der Waals surface area contributed by atoms with E-state index in [1.165, 1.54) is 5.56 Å². The average molecular weight is 428 g/mol. The van der Waals surface area contributed by atoms with Gasteiger partial charge in [-0.1, -0.05) is 42.0 Å². The minimum atomic E-state index is -0.254. The number of nitrogens with zero attached hydrogens (tertiary/aromatic N) is 2. The number of rotatable bonds is 7. The third kappa shape index (κ3) is 4.67. The molecular formula is C27H29N3O2. The summed E-state index contributed by atoms with van der Waals surface area (Å²) in [6.07, 6.45) is 0. The maximum Gasteiger partial charge on any atom is 0.251 e. The first-order valence-corrected chi connectivity index (χ1v) is 10.9. The van der Waals surface area contributed by atoms with Crippen molar-refractivity contribution >= 4 is 16.9 Å². The highest BCUT2D eigenvalue weighted by Gasteiger charge is 2.19. The number of aromatic nitrogens is 2. The van der Waals surface area contributed by atoms with Gasteiger partial charge >= 0.3 is 0 Å². The SMILES string of the molecule is Cc1cccc(C(=O)NC(C)c2nc3ccccc3n2CCOc2cc(C)ccc2C)c1. The molecule has 0 saturated heterocycles. The highest BCUT2D eigenvalue weighted by molar-refractivity contribution is 5.94. The fourth-order valence-corrected chi connectivity index (χ4v) is 3.90. The van der Waals surface area contributed by atoms with Crippen molar-refractivity contribution in [2.75, 3.05) is 6.61 Å². The zero-order valence-electron chi connectivity index (χ0n) is 19.1. The van der Waals surface area contributed by atoms with Crippen LogP contribution in [0.3, 0.4) is 0 Å². The summed E-state index contributed by atoms with van der Waals surface area (Å²) in [4.78, 5) is 17.6. The molecule has 32 heavy (non-hydrogen) atoms. The van der Waals surface area contributed by atoms with Crippen LogP contribution in [0.25, 0.3) is 11.0 Å². The van der Waals surface area contributed by atoms with E-state index in [0.29, 0.717) is 18.7 Å². The molecule has 0 radical (unpaired) electrons. The van der Waals surface area contributed by atoms with E-state index in [4.69, 9.17) is 9.72 Å². The van der Waals surface area contributed by atoms with E-state index in [9.17, 15) is 4.79 Å². The molecule has 0 aliphatic rings. The van der Waals surface area contributed by atoms with Gasteiger partial charge in [0.15, 0.2) is 0 Å². The first-order chi connectivity index (χ1) is 15.4. The van der Waals surface area contributed by atoms with Gasteiger partial charge in [-0.25, -0.2) is 4.98 Å². The fourth-order valence-electron chi connectivity index (χ4n) is 3.90. The zero-order chi connectivity index (χ0) is 22.7. The topological polar surface area (TPSA) is 56.2 Å². The molecule has 1 aromatic heterocycles. The van der Waals surface area contributed by atoms with E-state index in [1.54, 1.807) is 0 Å². The second kappa shape index (κ2) is 9.27. The standard InChI is InChI=1S/C27H29N3O2/c1-18-8-7-9-22(16-18)27(31)28-21(4)26-29-23-10-5-6-11-24(23)30(26)14-15-32-25-17-19(2)12-13-20(25)3/h5-13,16-17,21H,14-15H2,1-4H3,(H,28,31). The van der Waals surface area contributed by atoms with Gasteiger partial charge in [-0.15, -0.1) is 0 Å². The maximum atomic E-state index is 12.8. The summed E-state index contributed by atoms with van der Waals surface area (Å²) in [5.74, 6) is 1.61. The van der Waals surface area contributed by atoms with E-state index < -0.39 is 0 Å². The predicted molar refractivity (Wildman–Crippen MR) is 128 cm³/mol. The number of fused-ring (bicyclic) bond motifs is 1. The van der Waals surface area contributed by atoms with Gasteiger partial charge in [0.05, 0.1) is 23.6 Å². The minimum absolute atomic E-state index is 0.105. The average Bonchev–Trinajstić information content (AvgIpc) is 3.15. The normalized spacial score (nSPS) is 12.0. The monoisotopic (exact) mass is 427 g/mol. The molecule has 5 heteroatoms. The van der Waals surface area contributed by atoms with Crippen LogP contribution in [0.4, 0.5) is 0 Å². The van der Waals surface area contributed by atoms with Crippen molar-refractivity contribution in [1.82, 2.24) is 14.9 Å². The molecule has 0 fully saturated rings. The summed E-state index contributed by atoms with van der Waals surface area (Å²) in [6, 6.07) is 21.6. The molecule has 1 N–H and O–H groups in total. The molecule has 164 valence electrons. The lowest BCUT2D eigenvalue weighted by Gasteiger charge is -2.17. The van der Waals surface area contributed by atoms with Crippen molar-refractivity contribution < 1.29 is 9.53 Å². The molecule has 1 amide bonds. The molecule has 0 aliphatic heterocycles. The largest absolute Gasteiger partial charge is 0.491 e. The molecule has 0 spiro atoms. The van der Waals surface area contributed by atoms with E-state index in [1.807, 2.05) is 56.3 Å². The van der Waals surface area contributed by atoms with Crippen LogP contribution in [0.5, 0.6) is 5.75 Å². The molecule has 0 saturated carbocycles. The molecule has 3 aromatic carbocycles. The minimum Gasteiger partial charge on any atom is -0.491 e. The molecular weight excluding hydrogens is 398 g/mol. The Balaban J connectivity index is 1.55. The van der Waals surface area contributed by atoms with Crippen LogP contribution in [0.15, 0.2) is 66.7 Å². The molecule has 4 aromatic rings. The Kier molecular flexibility index (Phi) is 6.26. The molecule has 4 rings (SSSR count). The Labute approximate surface area is 189 Å². The van der Waals surface area contributed by atoms with Crippen molar-refractivity contribution in [2.24, 2.45) is 0 Å². The number of nitrogens with one attached hydrogen (secondary N) is 1. The van der Waals surface area contributed by atoms with Gasteiger partial charge in [0.1, 0.15) is 18.2 Å². The van der Waals surface area contributed by atoms with Crippen LogP contribution in [-0.2, 0) is 6.54 Å². The smallest absolute Gasteiger partial charge is 0.251 e. The number of hydrogen-bond acceptors (Lipinski definition) is 3. The van der Waals surface area contributed by atoms with Gasteiger partial charge in [0.25, 0.3) is 5.91 Å². The molecule has 1 atom stereocenters. The molecule has 1 heterocycles. The summed E-state index contributed by atoms with van der Waals surface area (Å²) in [6.45, 7) is 9.21. The van der Waals surface area contributed by atoms with Crippen LogP contribution in [0, 0.1) is 20.8 Å². The second-order valence-corrected chi connectivity index (χ2v) is 8.29. The highest BCUT2D eigenvalue weighted by Crippen LogP contribution is 2.23. The lowest BCUT2D eigenvalue weighted by molar-refractivity contribution is 0.0937. The van der Waals surface area contributed by atoms with E-state index >= 15 is 0 Å². The summed E-state index contributed by atoms with van der Waals surface area (Å²) in [5.41, 5.74) is 5.94. The number of carbonyl (C=O) groups excluding carboxylic acids is 1. The van der Waals surface area contributed by atoms with Crippen LogP contribution < -0.4 is 10.1 Å². The number of imidazole rings is 1. The van der Waals surface area contributed by atoms with Crippen LogP contribution in [-0.4, -0.2) is 22.1 Å². The molecule has 0 bridgehead atoms. The molecule has 1 unspecified atom stereocenters. The van der Waals surface area contributed by atoms with Gasteiger partial charge in [-0.2, -0.15) is 0 Å². The van der Waals surface area contributed by atoms with Crippen molar-refractivity contribution in [2.45, 2.75) is 40.3 Å². The van der Waals surface area contributed by atoms with Gasteiger partial charge in [0.2, 0.25) is 0 Å². The second-order valence-electron chi connectivity index (χ2n) is 8.29. The van der Waals surface area contributed by atoms with Crippen LogP contribution in [0.2, 0.25) is 0 Å². The Hall–Kier alpha value is -3.60. The third-order valence-corrected chi connectivity index (χ3v) is 5.62. The van der Waals surface area contributed by atoms with Crippen molar-refractivity contribution in [3.05, 3.63) is 94.8 Å². The quantitative estimate of drug-likeness (QED) is 0.422. The van der Waals surface area contributed by atoms with E-state index in [0.717, 1.165) is 33.7 Å². The third-order valence-electron chi connectivity index (χ3n) is 5.62. The summed E-state index contributed by atoms with van der Waals surface area (Å²) < 4.78 is 8.24. The maximum absolute atomic E-state index is 12.8. The van der Waals surface area contributed by atoms with Crippen LogP contribution >= 0.6 is 0 Å². The lowest BCUT2D eigenvalue weighted by atomic mass is 10.1. The Morgan fingerprint density at radius 2 is 1.78 bits per heavy atom. The number of hydrogen-bond donors (Lipinski definition) is 1. The number of benzene rings is 3. The first kappa shape index (κ1) is 21.6. The number of amides is 1. The van der Waals surface area contributed by atoms with Gasteiger partial charge in [-0.3, -0.25) is 4.79 Å². The number of para-hydroxylation sites is 2. The number of carbonyl (C=O) groups is 1. The number of aryl methyl sites for hydroxylation is 3. The van der Waals surface area contributed by atoms with E-state index in [2.05, 4.69) is 48.0 Å². The summed E-state index contributed by atoms with van der Waals surface area (Å²) >= 11 is 0. The van der Waals surface area contributed by atoms with Crippen molar-refractivity contribution in [3.8, 4) is 5.75 Å².